The Labute approximate surface area is 167 Å². The van der Waals surface area contributed by atoms with Crippen LogP contribution in [0.25, 0.3) is 0 Å². The number of urea groups is 1. The molecule has 5 nitrogen and oxygen atoms in total. The van der Waals surface area contributed by atoms with E-state index in [9.17, 15) is 9.90 Å². The van der Waals surface area contributed by atoms with Gasteiger partial charge in [-0.3, -0.25) is 0 Å². The summed E-state index contributed by atoms with van der Waals surface area (Å²) in [5.41, 5.74) is 2.48. The smallest absolute Gasteiger partial charge is 0.319 e. The topological polar surface area (TPSA) is 70.6 Å². The Morgan fingerprint density at radius 1 is 0.964 bits per heavy atom. The monoisotopic (exact) mass is 394 g/mol. The molecule has 0 saturated carbocycles. The second-order valence-electron chi connectivity index (χ2n) is 6.58. The lowest BCUT2D eigenvalue weighted by molar-refractivity contribution is 0.144. The fourth-order valence-corrected chi connectivity index (χ4v) is 3.53. The Balaban J connectivity index is 1.49. The Bertz CT molecular complexity index is 1010. The maximum absolute atomic E-state index is 12.6. The molecule has 3 aromatic rings. The molecular formula is C22H19ClN2O3. The zero-order valence-electron chi connectivity index (χ0n) is 14.9. The fourth-order valence-electron chi connectivity index (χ4n) is 3.35. The molecule has 0 fully saturated rings. The third-order valence-electron chi connectivity index (χ3n) is 4.68. The molecule has 2 amide bonds. The molecule has 1 aliphatic carbocycles. The van der Waals surface area contributed by atoms with Gasteiger partial charge in [0.05, 0.1) is 22.9 Å². The van der Waals surface area contributed by atoms with Crippen molar-refractivity contribution in [3.63, 3.8) is 0 Å². The number of benzene rings is 3. The summed E-state index contributed by atoms with van der Waals surface area (Å²) in [5.74, 6) is 0.970. The molecule has 0 radical (unpaired) electrons. The van der Waals surface area contributed by atoms with Crippen LogP contribution in [0.5, 0.6) is 11.5 Å². The number of aliphatic hydroxyl groups is 1. The highest BCUT2D eigenvalue weighted by Gasteiger charge is 2.32. The normalized spacial score (nSPS) is 17.6. The number of halogens is 1. The van der Waals surface area contributed by atoms with Crippen LogP contribution in [0, 0.1) is 0 Å². The molecule has 3 aromatic carbocycles. The molecule has 0 aliphatic heterocycles. The lowest BCUT2D eigenvalue weighted by Crippen LogP contribution is -2.36. The number of fused-ring (bicyclic) bond motifs is 1. The molecule has 0 saturated heterocycles. The summed E-state index contributed by atoms with van der Waals surface area (Å²) in [4.78, 5) is 12.6. The molecule has 4 rings (SSSR count). The van der Waals surface area contributed by atoms with Crippen LogP contribution in [0.4, 0.5) is 10.5 Å². The number of carbonyl (C=O) groups excluding carboxylic acids is 1. The van der Waals surface area contributed by atoms with Crippen LogP contribution in [-0.4, -0.2) is 17.2 Å². The molecule has 2 atom stereocenters. The van der Waals surface area contributed by atoms with Crippen molar-refractivity contribution in [1.29, 1.82) is 0 Å². The molecule has 3 N–H and O–H groups in total. The Kier molecular flexibility index (Phi) is 5.19. The first-order valence-electron chi connectivity index (χ1n) is 8.96. The van der Waals surface area contributed by atoms with Crippen molar-refractivity contribution in [2.45, 2.75) is 18.6 Å². The summed E-state index contributed by atoms with van der Waals surface area (Å²) >= 11 is 6.16. The van der Waals surface area contributed by atoms with Gasteiger partial charge in [0.2, 0.25) is 0 Å². The van der Waals surface area contributed by atoms with E-state index in [4.69, 9.17) is 16.3 Å². The third-order valence-corrected chi connectivity index (χ3v) is 4.99. The average Bonchev–Trinajstić information content (AvgIpc) is 3.00. The molecule has 0 unspecified atom stereocenters. The number of para-hydroxylation sites is 3. The number of aliphatic hydroxyl groups excluding tert-OH is 1. The van der Waals surface area contributed by atoms with E-state index in [0.29, 0.717) is 28.6 Å². The van der Waals surface area contributed by atoms with E-state index in [1.165, 1.54) is 0 Å². The average molecular weight is 395 g/mol. The van der Waals surface area contributed by atoms with E-state index in [2.05, 4.69) is 10.6 Å². The first kappa shape index (κ1) is 18.3. The van der Waals surface area contributed by atoms with Gasteiger partial charge >= 0.3 is 6.03 Å². The minimum Gasteiger partial charge on any atom is -0.454 e. The molecule has 0 aromatic heterocycles. The van der Waals surface area contributed by atoms with Crippen molar-refractivity contribution in [2.24, 2.45) is 0 Å². The number of hydrogen-bond acceptors (Lipinski definition) is 3. The highest BCUT2D eigenvalue weighted by atomic mass is 35.5. The molecule has 0 bridgehead atoms. The first-order chi connectivity index (χ1) is 13.6. The van der Waals surface area contributed by atoms with Gasteiger partial charge in [-0.05, 0) is 35.4 Å². The van der Waals surface area contributed by atoms with Crippen LogP contribution in [0.15, 0.2) is 72.8 Å². The number of amides is 2. The fraction of sp³-hybridized carbons (Fsp3) is 0.136. The van der Waals surface area contributed by atoms with E-state index in [0.717, 1.165) is 11.1 Å². The van der Waals surface area contributed by atoms with Crippen molar-refractivity contribution in [3.05, 3.63) is 88.9 Å². The zero-order valence-corrected chi connectivity index (χ0v) is 15.7. The van der Waals surface area contributed by atoms with Crippen LogP contribution < -0.4 is 15.4 Å². The van der Waals surface area contributed by atoms with Crippen LogP contribution in [-0.2, 0) is 6.42 Å². The Morgan fingerprint density at radius 3 is 2.46 bits per heavy atom. The molecule has 142 valence electrons. The highest BCUT2D eigenvalue weighted by molar-refractivity contribution is 6.32. The number of hydrogen-bond donors (Lipinski definition) is 3. The van der Waals surface area contributed by atoms with Crippen molar-refractivity contribution in [3.8, 4) is 11.5 Å². The Hall–Kier alpha value is -3.02. The van der Waals surface area contributed by atoms with E-state index in [1.807, 2.05) is 42.5 Å². The molecule has 1 aliphatic rings. The van der Waals surface area contributed by atoms with E-state index < -0.39 is 18.2 Å². The van der Waals surface area contributed by atoms with Crippen molar-refractivity contribution >= 4 is 23.3 Å². The van der Waals surface area contributed by atoms with E-state index >= 15 is 0 Å². The maximum Gasteiger partial charge on any atom is 0.319 e. The molecular weight excluding hydrogens is 376 g/mol. The second kappa shape index (κ2) is 7.92. The first-order valence-corrected chi connectivity index (χ1v) is 9.34. The highest BCUT2D eigenvalue weighted by Crippen LogP contribution is 2.34. The summed E-state index contributed by atoms with van der Waals surface area (Å²) < 4.78 is 5.86. The van der Waals surface area contributed by atoms with Gasteiger partial charge < -0.3 is 20.5 Å². The summed E-state index contributed by atoms with van der Waals surface area (Å²) in [7, 11) is 0. The van der Waals surface area contributed by atoms with Gasteiger partial charge in [0.15, 0.2) is 5.75 Å². The van der Waals surface area contributed by atoms with Gasteiger partial charge in [0.25, 0.3) is 0 Å². The third kappa shape index (κ3) is 3.81. The number of rotatable bonds is 4. The van der Waals surface area contributed by atoms with Crippen LogP contribution in [0.3, 0.4) is 0 Å². The quantitative estimate of drug-likeness (QED) is 0.588. The maximum atomic E-state index is 12.6. The zero-order chi connectivity index (χ0) is 19.5. The van der Waals surface area contributed by atoms with Gasteiger partial charge in [0, 0.05) is 6.42 Å². The van der Waals surface area contributed by atoms with E-state index in [-0.39, 0.29) is 0 Å². The number of anilines is 1. The molecule has 0 heterocycles. The largest absolute Gasteiger partial charge is 0.454 e. The SMILES string of the molecule is O=C(Nc1ccccc1Oc1ccccc1Cl)N[C@@H]1c2ccccc2C[C@@H]1O. The minimum absolute atomic E-state index is 0.420. The van der Waals surface area contributed by atoms with Crippen LogP contribution in [0.2, 0.25) is 5.02 Å². The van der Waals surface area contributed by atoms with Crippen LogP contribution in [0.1, 0.15) is 17.2 Å². The van der Waals surface area contributed by atoms with Gasteiger partial charge in [0.1, 0.15) is 5.75 Å². The van der Waals surface area contributed by atoms with Crippen molar-refractivity contribution < 1.29 is 14.6 Å². The summed E-state index contributed by atoms with van der Waals surface area (Å²) in [6.07, 6.45) is -0.134. The predicted octanol–water partition coefficient (Wildman–Crippen LogP) is 4.91. The van der Waals surface area contributed by atoms with E-state index in [1.54, 1.807) is 30.3 Å². The van der Waals surface area contributed by atoms with Gasteiger partial charge in [-0.15, -0.1) is 0 Å². The summed E-state index contributed by atoms with van der Waals surface area (Å²) in [6, 6.07) is 21.1. The lowest BCUT2D eigenvalue weighted by atomic mass is 10.1. The number of ether oxygens (including phenoxy) is 1. The van der Waals surface area contributed by atoms with Crippen molar-refractivity contribution in [1.82, 2.24) is 5.32 Å². The van der Waals surface area contributed by atoms with Gasteiger partial charge in [-0.2, -0.15) is 0 Å². The summed E-state index contributed by atoms with van der Waals surface area (Å²) in [6.45, 7) is 0. The predicted molar refractivity (Wildman–Crippen MR) is 109 cm³/mol. The minimum atomic E-state index is -0.655. The lowest BCUT2D eigenvalue weighted by Gasteiger charge is -2.19. The Morgan fingerprint density at radius 2 is 1.64 bits per heavy atom. The van der Waals surface area contributed by atoms with Crippen LogP contribution >= 0.6 is 11.6 Å². The standard InChI is InChI=1S/C22H19ClN2O3/c23-16-9-3-5-11-19(16)28-20-12-6-4-10-17(20)24-22(27)25-21-15-8-2-1-7-14(15)13-18(21)26/h1-12,18,21,26H,13H2,(H2,24,25,27)/t18-,21+/m0/s1. The van der Waals surface area contributed by atoms with Crippen molar-refractivity contribution in [2.75, 3.05) is 5.32 Å². The number of nitrogens with one attached hydrogen (secondary N) is 2. The van der Waals surface area contributed by atoms with Gasteiger partial charge in [-0.1, -0.05) is 60.1 Å². The second-order valence-corrected chi connectivity index (χ2v) is 6.98. The summed E-state index contributed by atoms with van der Waals surface area (Å²) in [5, 5.41) is 16.5. The molecule has 6 heteroatoms. The molecule has 0 spiro atoms. The number of carbonyl (C=O) groups is 1. The van der Waals surface area contributed by atoms with Gasteiger partial charge in [-0.25, -0.2) is 4.79 Å². The molecule has 28 heavy (non-hydrogen) atoms.